The standard InChI is InChI=1S/C12H18N4OS/c1-3-13-11-7-14-10(6-15-11)12(17)16-4-5-18-8-9(16)2/h6-7,9H,3-5,8H2,1-2H3,(H,13,15). The number of thioether (sulfide) groups is 1. The molecule has 1 aromatic heterocycles. The number of hydrogen-bond donors (Lipinski definition) is 1. The van der Waals surface area contributed by atoms with Crippen LogP contribution in [0.15, 0.2) is 12.4 Å². The third-order valence-electron chi connectivity index (χ3n) is 2.86. The quantitative estimate of drug-likeness (QED) is 0.898. The van der Waals surface area contributed by atoms with Crippen LogP contribution in [0.4, 0.5) is 5.82 Å². The van der Waals surface area contributed by atoms with Gasteiger partial charge in [-0.2, -0.15) is 11.8 Å². The molecular weight excluding hydrogens is 248 g/mol. The Kier molecular flexibility index (Phi) is 4.41. The number of nitrogens with one attached hydrogen (secondary N) is 1. The number of hydrogen-bond acceptors (Lipinski definition) is 5. The van der Waals surface area contributed by atoms with Gasteiger partial charge in [0.1, 0.15) is 11.5 Å². The lowest BCUT2D eigenvalue weighted by Crippen LogP contribution is -2.44. The van der Waals surface area contributed by atoms with Crippen LogP contribution in [-0.4, -0.2) is 51.4 Å². The number of anilines is 1. The monoisotopic (exact) mass is 266 g/mol. The van der Waals surface area contributed by atoms with E-state index >= 15 is 0 Å². The van der Waals surface area contributed by atoms with Crippen molar-refractivity contribution in [1.82, 2.24) is 14.9 Å². The summed E-state index contributed by atoms with van der Waals surface area (Å²) in [5.41, 5.74) is 0.426. The van der Waals surface area contributed by atoms with Crippen LogP contribution in [0.2, 0.25) is 0 Å². The van der Waals surface area contributed by atoms with Gasteiger partial charge < -0.3 is 10.2 Å². The van der Waals surface area contributed by atoms with Crippen LogP contribution in [0.5, 0.6) is 0 Å². The highest BCUT2D eigenvalue weighted by Gasteiger charge is 2.25. The van der Waals surface area contributed by atoms with E-state index in [4.69, 9.17) is 0 Å². The molecule has 1 saturated heterocycles. The van der Waals surface area contributed by atoms with E-state index in [0.717, 1.165) is 24.6 Å². The van der Waals surface area contributed by atoms with Gasteiger partial charge in [-0.1, -0.05) is 0 Å². The van der Waals surface area contributed by atoms with E-state index in [0.29, 0.717) is 11.5 Å². The summed E-state index contributed by atoms with van der Waals surface area (Å²) in [6, 6.07) is 0.270. The van der Waals surface area contributed by atoms with Gasteiger partial charge in [0.15, 0.2) is 0 Å². The van der Waals surface area contributed by atoms with E-state index < -0.39 is 0 Å². The number of rotatable bonds is 3. The molecule has 0 bridgehead atoms. The predicted molar refractivity (Wildman–Crippen MR) is 74.0 cm³/mol. The van der Waals surface area contributed by atoms with Gasteiger partial charge in [-0.05, 0) is 13.8 Å². The Hall–Kier alpha value is -1.30. The maximum Gasteiger partial charge on any atom is 0.274 e. The van der Waals surface area contributed by atoms with Crippen LogP contribution in [0.3, 0.4) is 0 Å². The van der Waals surface area contributed by atoms with Crippen molar-refractivity contribution in [2.45, 2.75) is 19.9 Å². The van der Waals surface area contributed by atoms with Crippen molar-refractivity contribution in [2.24, 2.45) is 0 Å². The van der Waals surface area contributed by atoms with Crippen molar-refractivity contribution in [1.29, 1.82) is 0 Å². The normalized spacial score (nSPS) is 19.7. The number of nitrogens with zero attached hydrogens (tertiary/aromatic N) is 3. The Bertz CT molecular complexity index is 409. The minimum atomic E-state index is -0.0154. The second-order valence-electron chi connectivity index (χ2n) is 4.24. The molecule has 1 atom stereocenters. The van der Waals surface area contributed by atoms with E-state index in [-0.39, 0.29) is 11.9 Å². The molecule has 1 aliphatic rings. The summed E-state index contributed by atoms with van der Waals surface area (Å²) in [5, 5.41) is 3.06. The van der Waals surface area contributed by atoms with Crippen LogP contribution in [0.1, 0.15) is 24.3 Å². The maximum absolute atomic E-state index is 12.3. The fraction of sp³-hybridized carbons (Fsp3) is 0.583. The topological polar surface area (TPSA) is 58.1 Å². The average molecular weight is 266 g/mol. The van der Waals surface area contributed by atoms with Gasteiger partial charge in [0, 0.05) is 30.6 Å². The van der Waals surface area contributed by atoms with Crippen LogP contribution in [0.25, 0.3) is 0 Å². The lowest BCUT2D eigenvalue weighted by Gasteiger charge is -2.32. The number of aromatic nitrogens is 2. The average Bonchev–Trinajstić information content (AvgIpc) is 2.40. The van der Waals surface area contributed by atoms with Gasteiger partial charge in [0.25, 0.3) is 5.91 Å². The van der Waals surface area contributed by atoms with E-state index in [1.165, 1.54) is 0 Å². The highest BCUT2D eigenvalue weighted by Crippen LogP contribution is 2.17. The maximum atomic E-state index is 12.3. The van der Waals surface area contributed by atoms with Crippen molar-refractivity contribution in [3.05, 3.63) is 18.1 Å². The van der Waals surface area contributed by atoms with Crippen molar-refractivity contribution in [2.75, 3.05) is 29.9 Å². The molecule has 0 aromatic carbocycles. The third kappa shape index (κ3) is 2.93. The highest BCUT2D eigenvalue weighted by molar-refractivity contribution is 7.99. The Morgan fingerprint density at radius 1 is 1.56 bits per heavy atom. The summed E-state index contributed by atoms with van der Waals surface area (Å²) in [5.74, 6) is 2.68. The Morgan fingerprint density at radius 3 is 3.00 bits per heavy atom. The van der Waals surface area contributed by atoms with E-state index in [1.54, 1.807) is 12.4 Å². The van der Waals surface area contributed by atoms with Gasteiger partial charge in [-0.25, -0.2) is 9.97 Å². The largest absolute Gasteiger partial charge is 0.369 e. The lowest BCUT2D eigenvalue weighted by atomic mass is 10.2. The molecule has 1 fully saturated rings. The molecule has 0 saturated carbocycles. The summed E-state index contributed by atoms with van der Waals surface area (Å²) in [6.45, 7) is 5.65. The molecule has 1 N–H and O–H groups in total. The van der Waals surface area contributed by atoms with Crippen molar-refractivity contribution in [3.8, 4) is 0 Å². The van der Waals surface area contributed by atoms with E-state index in [1.807, 2.05) is 23.6 Å². The minimum Gasteiger partial charge on any atom is -0.369 e. The zero-order chi connectivity index (χ0) is 13.0. The second kappa shape index (κ2) is 6.04. The fourth-order valence-electron chi connectivity index (χ4n) is 1.89. The molecule has 18 heavy (non-hydrogen) atoms. The second-order valence-corrected chi connectivity index (χ2v) is 5.39. The molecule has 6 heteroatoms. The summed E-state index contributed by atoms with van der Waals surface area (Å²) < 4.78 is 0. The van der Waals surface area contributed by atoms with Crippen molar-refractivity contribution in [3.63, 3.8) is 0 Å². The van der Waals surface area contributed by atoms with E-state index in [2.05, 4.69) is 22.2 Å². The molecule has 0 aliphatic carbocycles. The summed E-state index contributed by atoms with van der Waals surface area (Å²) >= 11 is 1.89. The Labute approximate surface area is 111 Å². The van der Waals surface area contributed by atoms with Gasteiger partial charge in [0.2, 0.25) is 0 Å². The summed E-state index contributed by atoms with van der Waals surface area (Å²) in [7, 11) is 0. The molecule has 2 rings (SSSR count). The van der Waals surface area contributed by atoms with Crippen LogP contribution in [0, 0.1) is 0 Å². The number of amides is 1. The molecule has 1 amide bonds. The first-order chi connectivity index (χ1) is 8.72. The van der Waals surface area contributed by atoms with Gasteiger partial charge >= 0.3 is 0 Å². The Balaban J connectivity index is 2.08. The fourth-order valence-corrected chi connectivity index (χ4v) is 2.90. The zero-order valence-corrected chi connectivity index (χ0v) is 11.5. The molecule has 0 spiro atoms. The van der Waals surface area contributed by atoms with Gasteiger partial charge in [-0.3, -0.25) is 4.79 Å². The lowest BCUT2D eigenvalue weighted by molar-refractivity contribution is 0.0709. The molecule has 5 nitrogen and oxygen atoms in total. The van der Waals surface area contributed by atoms with Crippen molar-refractivity contribution >= 4 is 23.5 Å². The first kappa shape index (κ1) is 13.1. The first-order valence-corrected chi connectivity index (χ1v) is 7.32. The predicted octanol–water partition coefficient (Wildman–Crippen LogP) is 1.49. The molecule has 2 heterocycles. The number of carbonyl (C=O) groups is 1. The first-order valence-electron chi connectivity index (χ1n) is 6.17. The zero-order valence-electron chi connectivity index (χ0n) is 10.7. The number of carbonyl (C=O) groups excluding carboxylic acids is 1. The molecule has 1 unspecified atom stereocenters. The highest BCUT2D eigenvalue weighted by atomic mass is 32.2. The van der Waals surface area contributed by atoms with Crippen molar-refractivity contribution < 1.29 is 4.79 Å². The molecular formula is C12H18N4OS. The van der Waals surface area contributed by atoms with E-state index in [9.17, 15) is 4.79 Å². The summed E-state index contributed by atoms with van der Waals surface area (Å²) in [4.78, 5) is 22.5. The molecule has 1 aromatic rings. The molecule has 1 aliphatic heterocycles. The van der Waals surface area contributed by atoms with Gasteiger partial charge in [-0.15, -0.1) is 0 Å². The molecule has 98 valence electrons. The SMILES string of the molecule is CCNc1cnc(C(=O)N2CCSCC2C)cn1. The Morgan fingerprint density at radius 2 is 2.39 bits per heavy atom. The third-order valence-corrected chi connectivity index (χ3v) is 4.05. The van der Waals surface area contributed by atoms with Gasteiger partial charge in [0.05, 0.1) is 12.4 Å². The summed E-state index contributed by atoms with van der Waals surface area (Å²) in [6.07, 6.45) is 3.16. The van der Waals surface area contributed by atoms with Crippen LogP contribution in [-0.2, 0) is 0 Å². The molecule has 0 radical (unpaired) electrons. The van der Waals surface area contributed by atoms with Crippen LogP contribution < -0.4 is 5.32 Å². The minimum absolute atomic E-state index is 0.0154. The van der Waals surface area contributed by atoms with Crippen LogP contribution >= 0.6 is 11.8 Å². The smallest absolute Gasteiger partial charge is 0.274 e.